The van der Waals surface area contributed by atoms with Crippen LogP contribution in [0, 0.1) is 19.8 Å². The van der Waals surface area contributed by atoms with E-state index in [1.54, 1.807) is 0 Å². The van der Waals surface area contributed by atoms with Crippen molar-refractivity contribution in [1.29, 1.82) is 0 Å². The predicted octanol–water partition coefficient (Wildman–Crippen LogP) is 4.07. The first kappa shape index (κ1) is 18.7. The van der Waals surface area contributed by atoms with E-state index in [-0.39, 0.29) is 18.9 Å². The van der Waals surface area contributed by atoms with Crippen molar-refractivity contribution < 1.29 is 17.6 Å². The Morgan fingerprint density at radius 1 is 1.33 bits per heavy atom. The third kappa shape index (κ3) is 5.18. The van der Waals surface area contributed by atoms with Crippen molar-refractivity contribution in [3.8, 4) is 0 Å². The predicted molar refractivity (Wildman–Crippen MR) is 87.9 cm³/mol. The number of rotatable bonds is 4. The molecule has 2 rings (SSSR count). The van der Waals surface area contributed by atoms with Gasteiger partial charge in [0.1, 0.15) is 11.5 Å². The van der Waals surface area contributed by atoms with Crippen LogP contribution in [0.25, 0.3) is 0 Å². The van der Waals surface area contributed by atoms with E-state index in [0.717, 1.165) is 23.5 Å². The summed E-state index contributed by atoms with van der Waals surface area (Å²) in [6, 6.07) is 1.73. The molecule has 1 saturated carbocycles. The molecule has 24 heavy (non-hydrogen) atoms. The highest BCUT2D eigenvalue weighted by molar-refractivity contribution is 5.80. The summed E-state index contributed by atoms with van der Waals surface area (Å²) in [5.74, 6) is 0.992. The number of halogens is 3. The first-order valence-corrected chi connectivity index (χ1v) is 8.47. The second kappa shape index (κ2) is 7.94. The van der Waals surface area contributed by atoms with Crippen LogP contribution in [0.5, 0.6) is 0 Å². The summed E-state index contributed by atoms with van der Waals surface area (Å²) in [7, 11) is 0. The highest BCUT2D eigenvalue weighted by Crippen LogP contribution is 2.37. The Kier molecular flexibility index (Phi) is 6.18. The smallest absolute Gasteiger partial charge is 0.391 e. The van der Waals surface area contributed by atoms with E-state index in [0.29, 0.717) is 25.5 Å². The number of hydrogen-bond acceptors (Lipinski definition) is 2. The molecule has 0 spiro atoms. The highest BCUT2D eigenvalue weighted by Gasteiger charge is 2.42. The molecule has 0 amide bonds. The van der Waals surface area contributed by atoms with Gasteiger partial charge in [0, 0.05) is 18.2 Å². The molecule has 2 unspecified atom stereocenters. The van der Waals surface area contributed by atoms with Crippen LogP contribution in [0.1, 0.15) is 49.7 Å². The average Bonchev–Trinajstić information content (AvgIpc) is 2.82. The van der Waals surface area contributed by atoms with Crippen molar-refractivity contribution >= 4 is 5.96 Å². The van der Waals surface area contributed by atoms with E-state index >= 15 is 0 Å². The van der Waals surface area contributed by atoms with Crippen LogP contribution < -0.4 is 10.6 Å². The molecule has 4 nitrogen and oxygen atoms in total. The molecule has 1 aromatic rings. The Labute approximate surface area is 140 Å². The van der Waals surface area contributed by atoms with Gasteiger partial charge in [-0.3, -0.25) is 0 Å². The van der Waals surface area contributed by atoms with Crippen LogP contribution >= 0.6 is 0 Å². The number of hydrogen-bond donors (Lipinski definition) is 2. The number of nitrogens with one attached hydrogen (secondary N) is 2. The maximum Gasteiger partial charge on any atom is 0.391 e. The van der Waals surface area contributed by atoms with Gasteiger partial charge in [-0.1, -0.05) is 6.42 Å². The van der Waals surface area contributed by atoms with Gasteiger partial charge in [0.15, 0.2) is 5.96 Å². The summed E-state index contributed by atoms with van der Waals surface area (Å²) in [5.41, 5.74) is 0.988. The fraction of sp³-hybridized carbons (Fsp3) is 0.706. The van der Waals surface area contributed by atoms with E-state index in [9.17, 15) is 13.2 Å². The fourth-order valence-corrected chi connectivity index (χ4v) is 3.14. The maximum atomic E-state index is 12.9. The molecule has 7 heteroatoms. The minimum atomic E-state index is -4.11. The quantitative estimate of drug-likeness (QED) is 0.639. The molecule has 1 aromatic heterocycles. The van der Waals surface area contributed by atoms with Gasteiger partial charge < -0.3 is 15.1 Å². The number of alkyl halides is 3. The Bertz CT molecular complexity index is 566. The summed E-state index contributed by atoms with van der Waals surface area (Å²) >= 11 is 0. The molecule has 1 fully saturated rings. The Hall–Kier alpha value is -1.66. The van der Waals surface area contributed by atoms with Gasteiger partial charge in [0.2, 0.25) is 0 Å². The van der Waals surface area contributed by atoms with Crippen molar-refractivity contribution in [2.75, 3.05) is 6.54 Å². The first-order valence-electron chi connectivity index (χ1n) is 8.47. The Balaban J connectivity index is 1.99. The third-order valence-corrected chi connectivity index (χ3v) is 4.37. The van der Waals surface area contributed by atoms with Gasteiger partial charge in [0.05, 0.1) is 12.5 Å². The lowest BCUT2D eigenvalue weighted by Crippen LogP contribution is -2.46. The van der Waals surface area contributed by atoms with E-state index < -0.39 is 12.1 Å². The number of guanidine groups is 1. The normalized spacial score (nSPS) is 22.5. The summed E-state index contributed by atoms with van der Waals surface area (Å²) in [6.07, 6.45) is -2.45. The topological polar surface area (TPSA) is 49.6 Å². The zero-order chi connectivity index (χ0) is 17.7. The van der Waals surface area contributed by atoms with Crippen LogP contribution in [-0.2, 0) is 6.54 Å². The lowest BCUT2D eigenvalue weighted by molar-refractivity contribution is -0.183. The molecule has 0 radical (unpaired) electrons. The summed E-state index contributed by atoms with van der Waals surface area (Å²) in [6.45, 7) is 6.79. The second-order valence-corrected chi connectivity index (χ2v) is 6.38. The summed E-state index contributed by atoms with van der Waals surface area (Å²) < 4.78 is 44.3. The molecule has 0 aliphatic heterocycles. The Morgan fingerprint density at radius 3 is 2.67 bits per heavy atom. The molecule has 136 valence electrons. The SMILES string of the molecule is CCNC(=NCc1cc(C)oc1C)NC1CCCC(C(F)(F)F)C1. The zero-order valence-corrected chi connectivity index (χ0v) is 14.5. The monoisotopic (exact) mass is 345 g/mol. The molecular formula is C17H26F3N3O. The van der Waals surface area contributed by atoms with Gasteiger partial charge in [-0.25, -0.2) is 4.99 Å². The summed E-state index contributed by atoms with van der Waals surface area (Å²) in [5, 5.41) is 6.27. The summed E-state index contributed by atoms with van der Waals surface area (Å²) in [4.78, 5) is 4.49. The second-order valence-electron chi connectivity index (χ2n) is 6.38. The maximum absolute atomic E-state index is 12.9. The molecule has 0 aromatic carbocycles. The molecule has 2 N–H and O–H groups in total. The lowest BCUT2D eigenvalue weighted by Gasteiger charge is -2.31. The minimum absolute atomic E-state index is 0.109. The van der Waals surface area contributed by atoms with Gasteiger partial charge >= 0.3 is 6.18 Å². The van der Waals surface area contributed by atoms with Gasteiger partial charge in [-0.15, -0.1) is 0 Å². The molecule has 1 aliphatic carbocycles. The number of aryl methyl sites for hydroxylation is 2. The van der Waals surface area contributed by atoms with Crippen LogP contribution in [0.2, 0.25) is 0 Å². The zero-order valence-electron chi connectivity index (χ0n) is 14.5. The van der Waals surface area contributed by atoms with Crippen LogP contribution in [0.4, 0.5) is 13.2 Å². The van der Waals surface area contributed by atoms with Crippen molar-refractivity contribution in [1.82, 2.24) is 10.6 Å². The molecule has 1 heterocycles. The lowest BCUT2D eigenvalue weighted by atomic mass is 9.85. The standard InChI is InChI=1S/C17H26F3N3O/c1-4-21-16(22-10-13-8-11(2)24-12(13)3)23-15-7-5-6-14(9-15)17(18,19)20/h8,14-15H,4-7,9-10H2,1-3H3,(H2,21,22,23). The fourth-order valence-electron chi connectivity index (χ4n) is 3.14. The van der Waals surface area contributed by atoms with Gasteiger partial charge in [0.25, 0.3) is 0 Å². The third-order valence-electron chi connectivity index (χ3n) is 4.37. The van der Waals surface area contributed by atoms with E-state index in [2.05, 4.69) is 15.6 Å². The average molecular weight is 345 g/mol. The number of furan rings is 1. The van der Waals surface area contributed by atoms with Crippen LogP contribution in [0.3, 0.4) is 0 Å². The van der Waals surface area contributed by atoms with Crippen LogP contribution in [0.15, 0.2) is 15.5 Å². The van der Waals surface area contributed by atoms with Gasteiger partial charge in [-0.05, 0) is 46.1 Å². The van der Waals surface area contributed by atoms with Gasteiger partial charge in [-0.2, -0.15) is 13.2 Å². The first-order chi connectivity index (χ1) is 11.3. The van der Waals surface area contributed by atoms with E-state index in [1.807, 2.05) is 26.8 Å². The molecule has 0 saturated heterocycles. The van der Waals surface area contributed by atoms with E-state index in [1.165, 1.54) is 0 Å². The molecule has 1 aliphatic rings. The number of nitrogens with zero attached hydrogens (tertiary/aromatic N) is 1. The Morgan fingerprint density at radius 2 is 2.08 bits per heavy atom. The highest BCUT2D eigenvalue weighted by atomic mass is 19.4. The van der Waals surface area contributed by atoms with Crippen molar-refractivity contribution in [2.24, 2.45) is 10.9 Å². The van der Waals surface area contributed by atoms with E-state index in [4.69, 9.17) is 4.42 Å². The van der Waals surface area contributed by atoms with Crippen LogP contribution in [-0.4, -0.2) is 24.7 Å². The van der Waals surface area contributed by atoms with Crippen molar-refractivity contribution in [3.63, 3.8) is 0 Å². The van der Waals surface area contributed by atoms with Crippen molar-refractivity contribution in [3.05, 3.63) is 23.2 Å². The number of aliphatic imine (C=N–C) groups is 1. The minimum Gasteiger partial charge on any atom is -0.466 e. The van der Waals surface area contributed by atoms with Crippen molar-refractivity contribution in [2.45, 2.75) is 65.2 Å². The molecule has 0 bridgehead atoms. The molecular weight excluding hydrogens is 319 g/mol. The largest absolute Gasteiger partial charge is 0.466 e. The molecule has 2 atom stereocenters.